The first-order valence-corrected chi connectivity index (χ1v) is 8.22. The van der Waals surface area contributed by atoms with Gasteiger partial charge < -0.3 is 0 Å². The second kappa shape index (κ2) is 6.52. The zero-order valence-corrected chi connectivity index (χ0v) is 13.1. The van der Waals surface area contributed by atoms with Crippen LogP contribution >= 0.6 is 11.3 Å². The van der Waals surface area contributed by atoms with Crippen LogP contribution in [0.3, 0.4) is 0 Å². The van der Waals surface area contributed by atoms with Crippen molar-refractivity contribution in [2.45, 2.75) is 32.6 Å². The molecule has 1 aliphatic rings. The summed E-state index contributed by atoms with van der Waals surface area (Å²) in [5.41, 5.74) is 4.89. The van der Waals surface area contributed by atoms with Gasteiger partial charge in [-0.2, -0.15) is 5.10 Å². The highest BCUT2D eigenvalue weighted by Crippen LogP contribution is 2.28. The highest BCUT2D eigenvalue weighted by molar-refractivity contribution is 7.14. The van der Waals surface area contributed by atoms with Gasteiger partial charge in [-0.05, 0) is 43.7 Å². The van der Waals surface area contributed by atoms with E-state index in [4.69, 9.17) is 0 Å². The lowest BCUT2D eigenvalue weighted by Gasteiger charge is -2.18. The molecule has 1 N–H and O–H groups in total. The summed E-state index contributed by atoms with van der Waals surface area (Å²) in [6, 6.07) is 3.50. The number of rotatable bonds is 3. The van der Waals surface area contributed by atoms with E-state index in [9.17, 15) is 8.78 Å². The Bertz CT molecular complexity index is 696. The van der Waals surface area contributed by atoms with E-state index in [1.165, 1.54) is 36.3 Å². The minimum atomic E-state index is -0.607. The number of halogens is 2. The van der Waals surface area contributed by atoms with E-state index in [1.54, 1.807) is 5.38 Å². The molecule has 3 nitrogen and oxygen atoms in total. The molecule has 116 valence electrons. The number of nitrogens with zero attached hydrogens (tertiary/aromatic N) is 2. The molecule has 1 aliphatic carbocycles. The fourth-order valence-electron chi connectivity index (χ4n) is 2.64. The fourth-order valence-corrected chi connectivity index (χ4v) is 3.29. The summed E-state index contributed by atoms with van der Waals surface area (Å²) in [6.07, 6.45) is 4.45. The van der Waals surface area contributed by atoms with Crippen LogP contribution in [-0.4, -0.2) is 10.7 Å². The summed E-state index contributed by atoms with van der Waals surface area (Å²) >= 11 is 1.36. The van der Waals surface area contributed by atoms with Crippen LogP contribution in [0.5, 0.6) is 0 Å². The maximum Gasteiger partial charge on any atom is 0.203 e. The number of thiazole rings is 1. The van der Waals surface area contributed by atoms with Crippen molar-refractivity contribution in [3.63, 3.8) is 0 Å². The van der Waals surface area contributed by atoms with E-state index in [-0.39, 0.29) is 0 Å². The number of hydrogen-bond acceptors (Lipinski definition) is 4. The van der Waals surface area contributed by atoms with Gasteiger partial charge in [0.25, 0.3) is 0 Å². The minimum Gasteiger partial charge on any atom is -0.253 e. The smallest absolute Gasteiger partial charge is 0.203 e. The standard InChI is InChI=1S/C16H17F2N3S/c1-10-3-2-4-12(7-10)20-21-16-19-15(9-22-16)13-6-5-11(17)8-14(13)18/h5-6,8-10H,2-4,7H2,1H3,(H,19,21)/b20-12+/t10-/m0/s1. The fraction of sp³-hybridized carbons (Fsp3) is 0.375. The number of hydrazone groups is 1. The Kier molecular flexibility index (Phi) is 4.47. The van der Waals surface area contributed by atoms with Crippen molar-refractivity contribution in [1.82, 2.24) is 4.98 Å². The van der Waals surface area contributed by atoms with Crippen LogP contribution < -0.4 is 5.43 Å². The summed E-state index contributed by atoms with van der Waals surface area (Å²) in [6.45, 7) is 2.23. The van der Waals surface area contributed by atoms with Crippen molar-refractivity contribution in [3.8, 4) is 11.3 Å². The van der Waals surface area contributed by atoms with E-state index in [1.807, 2.05) is 0 Å². The van der Waals surface area contributed by atoms with Gasteiger partial charge in [-0.3, -0.25) is 5.43 Å². The van der Waals surface area contributed by atoms with Gasteiger partial charge in [-0.25, -0.2) is 13.8 Å². The number of anilines is 1. The second-order valence-electron chi connectivity index (χ2n) is 5.65. The number of benzene rings is 1. The molecule has 0 bridgehead atoms. The van der Waals surface area contributed by atoms with Gasteiger partial charge in [0.15, 0.2) is 0 Å². The van der Waals surface area contributed by atoms with Crippen molar-refractivity contribution in [3.05, 3.63) is 35.2 Å². The van der Waals surface area contributed by atoms with Gasteiger partial charge in [-0.1, -0.05) is 6.92 Å². The van der Waals surface area contributed by atoms with E-state index < -0.39 is 11.6 Å². The normalized spacial score (nSPS) is 20.3. The predicted molar refractivity (Wildman–Crippen MR) is 86.2 cm³/mol. The molecule has 1 atom stereocenters. The van der Waals surface area contributed by atoms with Gasteiger partial charge in [0, 0.05) is 22.7 Å². The third-order valence-corrected chi connectivity index (χ3v) is 4.51. The Balaban J connectivity index is 1.72. The molecule has 0 amide bonds. The van der Waals surface area contributed by atoms with Gasteiger partial charge >= 0.3 is 0 Å². The van der Waals surface area contributed by atoms with E-state index >= 15 is 0 Å². The number of nitrogens with one attached hydrogen (secondary N) is 1. The van der Waals surface area contributed by atoms with Gasteiger partial charge in [0.1, 0.15) is 11.6 Å². The zero-order valence-electron chi connectivity index (χ0n) is 12.3. The summed E-state index contributed by atoms with van der Waals surface area (Å²) in [5.74, 6) is -0.522. The summed E-state index contributed by atoms with van der Waals surface area (Å²) in [7, 11) is 0. The van der Waals surface area contributed by atoms with Crippen molar-refractivity contribution in [2.24, 2.45) is 11.0 Å². The van der Waals surface area contributed by atoms with Crippen LogP contribution in [0.1, 0.15) is 32.6 Å². The molecule has 1 aromatic heterocycles. The molecule has 1 fully saturated rings. The highest BCUT2D eigenvalue weighted by atomic mass is 32.1. The van der Waals surface area contributed by atoms with Crippen LogP contribution in [0, 0.1) is 17.6 Å². The van der Waals surface area contributed by atoms with Crippen LogP contribution in [-0.2, 0) is 0 Å². The SMILES string of the molecule is C[C@H]1CCC/C(=N\Nc2nc(-c3ccc(F)cc3F)cs2)C1. The third kappa shape index (κ3) is 3.50. The molecule has 0 aliphatic heterocycles. The molecule has 3 rings (SSSR count). The lowest BCUT2D eigenvalue weighted by molar-refractivity contribution is 0.500. The zero-order chi connectivity index (χ0) is 15.5. The highest BCUT2D eigenvalue weighted by Gasteiger charge is 2.14. The van der Waals surface area contributed by atoms with E-state index in [0.717, 1.165) is 24.6 Å². The number of aromatic nitrogens is 1. The van der Waals surface area contributed by atoms with Gasteiger partial charge in [-0.15, -0.1) is 11.3 Å². The summed E-state index contributed by atoms with van der Waals surface area (Å²) < 4.78 is 26.7. The topological polar surface area (TPSA) is 37.3 Å². The summed E-state index contributed by atoms with van der Waals surface area (Å²) in [5, 5.41) is 6.76. The van der Waals surface area contributed by atoms with E-state index in [0.29, 0.717) is 22.3 Å². The van der Waals surface area contributed by atoms with Crippen LogP contribution in [0.2, 0.25) is 0 Å². The Morgan fingerprint density at radius 1 is 1.36 bits per heavy atom. The molecule has 1 aromatic carbocycles. The summed E-state index contributed by atoms with van der Waals surface area (Å²) in [4.78, 5) is 4.31. The Morgan fingerprint density at radius 3 is 3.00 bits per heavy atom. The largest absolute Gasteiger partial charge is 0.253 e. The molecule has 0 radical (unpaired) electrons. The molecular formula is C16H17F2N3S. The van der Waals surface area contributed by atoms with Crippen molar-refractivity contribution < 1.29 is 8.78 Å². The van der Waals surface area contributed by atoms with Gasteiger partial charge in [0.05, 0.1) is 5.69 Å². The molecule has 1 saturated carbocycles. The lowest BCUT2D eigenvalue weighted by Crippen LogP contribution is -2.13. The molecule has 22 heavy (non-hydrogen) atoms. The van der Waals surface area contributed by atoms with E-state index in [2.05, 4.69) is 22.4 Å². The Labute approximate surface area is 132 Å². The van der Waals surface area contributed by atoms with Gasteiger partial charge in [0.2, 0.25) is 5.13 Å². The molecule has 2 aromatic rings. The third-order valence-electron chi connectivity index (χ3n) is 3.77. The van der Waals surface area contributed by atoms with Crippen molar-refractivity contribution >= 4 is 22.2 Å². The molecular weight excluding hydrogens is 304 g/mol. The molecule has 6 heteroatoms. The first-order chi connectivity index (χ1) is 10.6. The van der Waals surface area contributed by atoms with Crippen LogP contribution in [0.4, 0.5) is 13.9 Å². The average molecular weight is 321 g/mol. The van der Waals surface area contributed by atoms with Crippen molar-refractivity contribution in [2.75, 3.05) is 5.43 Å². The number of hydrogen-bond donors (Lipinski definition) is 1. The average Bonchev–Trinajstić information content (AvgIpc) is 2.94. The monoisotopic (exact) mass is 321 g/mol. The molecule has 0 saturated heterocycles. The lowest BCUT2D eigenvalue weighted by atomic mass is 9.89. The predicted octanol–water partition coefficient (Wildman–Crippen LogP) is 5.07. The molecule has 0 unspecified atom stereocenters. The Morgan fingerprint density at radius 2 is 2.23 bits per heavy atom. The molecule has 0 spiro atoms. The first-order valence-electron chi connectivity index (χ1n) is 7.34. The molecule has 1 heterocycles. The first kappa shape index (κ1) is 15.1. The van der Waals surface area contributed by atoms with Crippen LogP contribution in [0.15, 0.2) is 28.7 Å². The Hall–Kier alpha value is -1.82. The quantitative estimate of drug-likeness (QED) is 0.802. The second-order valence-corrected chi connectivity index (χ2v) is 6.51. The van der Waals surface area contributed by atoms with Crippen LogP contribution in [0.25, 0.3) is 11.3 Å². The minimum absolute atomic E-state index is 0.296. The maximum atomic E-state index is 13.7. The van der Waals surface area contributed by atoms with Crippen molar-refractivity contribution in [1.29, 1.82) is 0 Å². The maximum absolute atomic E-state index is 13.7.